The predicted octanol–water partition coefficient (Wildman–Crippen LogP) is 3.26. The number of hydrogen-bond donors (Lipinski definition) is 1. The maximum absolute atomic E-state index is 13.5. The number of fused-ring (bicyclic) bond motifs is 1. The molecule has 4 nitrogen and oxygen atoms in total. The van der Waals surface area contributed by atoms with Gasteiger partial charge in [0.1, 0.15) is 5.82 Å². The molecule has 0 aromatic heterocycles. The van der Waals surface area contributed by atoms with Crippen molar-refractivity contribution in [2.75, 3.05) is 18.4 Å². The van der Waals surface area contributed by atoms with Crippen LogP contribution >= 0.6 is 0 Å². The van der Waals surface area contributed by atoms with Gasteiger partial charge in [0, 0.05) is 18.3 Å². The molecule has 1 unspecified atom stereocenters. The van der Waals surface area contributed by atoms with Crippen molar-refractivity contribution < 1.29 is 9.18 Å². The number of nitrogens with zero attached hydrogens (tertiary/aromatic N) is 2. The number of halogens is 1. The fourth-order valence-corrected chi connectivity index (χ4v) is 3.10. The Hall–Kier alpha value is -2.71. The van der Waals surface area contributed by atoms with Crippen LogP contribution < -0.4 is 5.32 Å². The predicted molar refractivity (Wildman–Crippen MR) is 89.9 cm³/mol. The monoisotopic (exact) mass is 323 g/mol. The van der Waals surface area contributed by atoms with Crippen LogP contribution in [0.1, 0.15) is 29.7 Å². The van der Waals surface area contributed by atoms with Crippen LogP contribution in [0.4, 0.5) is 10.1 Å². The Kier molecular flexibility index (Phi) is 4.59. The lowest BCUT2D eigenvalue weighted by molar-refractivity contribution is -0.117. The highest BCUT2D eigenvalue weighted by Crippen LogP contribution is 2.29. The minimum atomic E-state index is -0.250. The van der Waals surface area contributed by atoms with Crippen LogP contribution in [0, 0.1) is 17.1 Å². The van der Waals surface area contributed by atoms with Crippen LogP contribution in [0.3, 0.4) is 0 Å². The summed E-state index contributed by atoms with van der Waals surface area (Å²) in [7, 11) is 0. The molecule has 0 bridgehead atoms. The lowest BCUT2D eigenvalue weighted by Crippen LogP contribution is -2.39. The molecular formula is C19H18FN3O. The average molecular weight is 323 g/mol. The Balaban J connectivity index is 1.68. The van der Waals surface area contributed by atoms with E-state index < -0.39 is 0 Å². The number of benzene rings is 2. The van der Waals surface area contributed by atoms with Crippen molar-refractivity contribution in [3.05, 3.63) is 65.0 Å². The Morgan fingerprint density at radius 3 is 3.00 bits per heavy atom. The average Bonchev–Trinajstić information content (AvgIpc) is 2.58. The van der Waals surface area contributed by atoms with Crippen molar-refractivity contribution in [3.63, 3.8) is 0 Å². The quantitative estimate of drug-likeness (QED) is 0.943. The zero-order valence-electron chi connectivity index (χ0n) is 13.4. The summed E-state index contributed by atoms with van der Waals surface area (Å²) in [5.41, 5.74) is 3.20. The topological polar surface area (TPSA) is 56.1 Å². The maximum Gasteiger partial charge on any atom is 0.238 e. The molecule has 2 aromatic carbocycles. The summed E-state index contributed by atoms with van der Waals surface area (Å²) >= 11 is 0. The third-order valence-electron chi connectivity index (χ3n) is 4.40. The number of anilines is 1. The SMILES string of the molecule is CC1c2cc(F)ccc2CCN1CC(=O)Nc1cccc(C#N)c1. The molecule has 0 saturated heterocycles. The van der Waals surface area contributed by atoms with Crippen LogP contribution in [-0.4, -0.2) is 23.9 Å². The molecule has 1 aliphatic heterocycles. The first-order valence-electron chi connectivity index (χ1n) is 7.89. The Morgan fingerprint density at radius 1 is 1.38 bits per heavy atom. The lowest BCUT2D eigenvalue weighted by atomic mass is 9.93. The summed E-state index contributed by atoms with van der Waals surface area (Å²) in [6.45, 7) is 2.97. The fourth-order valence-electron chi connectivity index (χ4n) is 3.10. The van der Waals surface area contributed by atoms with Gasteiger partial charge in [0.25, 0.3) is 0 Å². The van der Waals surface area contributed by atoms with Crippen molar-refractivity contribution in [1.82, 2.24) is 4.90 Å². The van der Waals surface area contributed by atoms with Crippen molar-refractivity contribution in [1.29, 1.82) is 5.26 Å². The molecule has 122 valence electrons. The molecule has 1 heterocycles. The number of amides is 1. The molecule has 1 atom stereocenters. The van der Waals surface area contributed by atoms with E-state index in [1.807, 2.05) is 24.0 Å². The zero-order chi connectivity index (χ0) is 17.1. The molecule has 0 fully saturated rings. The number of nitrogens with one attached hydrogen (secondary N) is 1. The third kappa shape index (κ3) is 3.44. The molecule has 24 heavy (non-hydrogen) atoms. The molecule has 1 amide bonds. The molecule has 5 heteroatoms. The van der Waals surface area contributed by atoms with Gasteiger partial charge < -0.3 is 5.32 Å². The van der Waals surface area contributed by atoms with Crippen LogP contribution in [0.5, 0.6) is 0 Å². The van der Waals surface area contributed by atoms with E-state index in [1.54, 1.807) is 30.3 Å². The standard InChI is InChI=1S/C19H18FN3O/c1-13-18-10-16(20)6-5-15(18)7-8-23(13)12-19(24)22-17-4-2-3-14(9-17)11-21/h2-6,9-10,13H,7-8,12H2,1H3,(H,22,24). The normalized spacial score (nSPS) is 17.0. The molecular weight excluding hydrogens is 305 g/mol. The second kappa shape index (κ2) is 6.81. The van der Waals surface area contributed by atoms with Crippen molar-refractivity contribution in [2.45, 2.75) is 19.4 Å². The summed E-state index contributed by atoms with van der Waals surface area (Å²) in [5, 5.41) is 11.7. The van der Waals surface area contributed by atoms with Crippen molar-refractivity contribution in [2.24, 2.45) is 0 Å². The van der Waals surface area contributed by atoms with Gasteiger partial charge in [-0.25, -0.2) is 4.39 Å². The molecule has 3 rings (SSSR count). The highest BCUT2D eigenvalue weighted by atomic mass is 19.1. The van der Waals surface area contributed by atoms with Gasteiger partial charge in [-0.05, 0) is 54.8 Å². The van der Waals surface area contributed by atoms with E-state index >= 15 is 0 Å². The molecule has 1 aliphatic rings. The van der Waals surface area contributed by atoms with Gasteiger partial charge in [-0.3, -0.25) is 9.69 Å². The highest BCUT2D eigenvalue weighted by molar-refractivity contribution is 5.92. The molecule has 0 aliphatic carbocycles. The van der Waals surface area contributed by atoms with Gasteiger partial charge in [-0.2, -0.15) is 5.26 Å². The number of carbonyl (C=O) groups excluding carboxylic acids is 1. The van der Waals surface area contributed by atoms with Crippen LogP contribution in [-0.2, 0) is 11.2 Å². The zero-order valence-corrected chi connectivity index (χ0v) is 13.4. The van der Waals surface area contributed by atoms with Crippen LogP contribution in [0.15, 0.2) is 42.5 Å². The van der Waals surface area contributed by atoms with Gasteiger partial charge in [-0.1, -0.05) is 12.1 Å². The molecule has 0 spiro atoms. The first-order valence-corrected chi connectivity index (χ1v) is 7.89. The van der Waals surface area contributed by atoms with Crippen LogP contribution in [0.25, 0.3) is 0 Å². The van der Waals surface area contributed by atoms with E-state index in [4.69, 9.17) is 5.26 Å². The number of rotatable bonds is 3. The molecule has 1 N–H and O–H groups in total. The number of hydrogen-bond acceptors (Lipinski definition) is 3. The summed E-state index contributed by atoms with van der Waals surface area (Å²) in [6.07, 6.45) is 0.803. The van der Waals surface area contributed by atoms with E-state index in [9.17, 15) is 9.18 Å². The van der Waals surface area contributed by atoms with Gasteiger partial charge in [0.15, 0.2) is 0 Å². The Morgan fingerprint density at radius 2 is 2.21 bits per heavy atom. The second-order valence-corrected chi connectivity index (χ2v) is 5.98. The summed E-state index contributed by atoms with van der Waals surface area (Å²) < 4.78 is 13.5. The minimum absolute atomic E-state index is 0.0133. The summed E-state index contributed by atoms with van der Waals surface area (Å²) in [4.78, 5) is 14.3. The van der Waals surface area contributed by atoms with E-state index in [1.165, 1.54) is 6.07 Å². The maximum atomic E-state index is 13.5. The Labute approximate surface area is 140 Å². The van der Waals surface area contributed by atoms with E-state index in [2.05, 4.69) is 5.32 Å². The molecule has 2 aromatic rings. The van der Waals surface area contributed by atoms with Gasteiger partial charge >= 0.3 is 0 Å². The van der Waals surface area contributed by atoms with Gasteiger partial charge in [-0.15, -0.1) is 0 Å². The fraction of sp³-hybridized carbons (Fsp3) is 0.263. The minimum Gasteiger partial charge on any atom is -0.325 e. The van der Waals surface area contributed by atoms with Crippen LogP contribution in [0.2, 0.25) is 0 Å². The molecule has 0 saturated carbocycles. The van der Waals surface area contributed by atoms with E-state index in [-0.39, 0.29) is 24.3 Å². The highest BCUT2D eigenvalue weighted by Gasteiger charge is 2.25. The number of carbonyl (C=O) groups is 1. The molecule has 0 radical (unpaired) electrons. The Bertz CT molecular complexity index is 812. The smallest absolute Gasteiger partial charge is 0.238 e. The van der Waals surface area contributed by atoms with Gasteiger partial charge in [0.2, 0.25) is 5.91 Å². The first kappa shape index (κ1) is 16.2. The lowest BCUT2D eigenvalue weighted by Gasteiger charge is -2.34. The van der Waals surface area contributed by atoms with Crippen molar-refractivity contribution >= 4 is 11.6 Å². The third-order valence-corrected chi connectivity index (χ3v) is 4.40. The second-order valence-electron chi connectivity index (χ2n) is 5.98. The number of nitriles is 1. The van der Waals surface area contributed by atoms with E-state index in [0.29, 0.717) is 11.3 Å². The van der Waals surface area contributed by atoms with E-state index in [0.717, 1.165) is 24.1 Å². The first-order chi connectivity index (χ1) is 11.6. The van der Waals surface area contributed by atoms with Gasteiger partial charge in [0.05, 0.1) is 18.2 Å². The summed E-state index contributed by atoms with van der Waals surface area (Å²) in [6, 6.07) is 13.7. The van der Waals surface area contributed by atoms with Crippen molar-refractivity contribution in [3.8, 4) is 6.07 Å². The largest absolute Gasteiger partial charge is 0.325 e. The summed E-state index contributed by atoms with van der Waals surface area (Å²) in [5.74, 6) is -0.392.